The molecule has 0 bridgehead atoms. The van der Waals surface area contributed by atoms with Gasteiger partial charge < -0.3 is 14.8 Å². The normalized spacial score (nSPS) is 17.9. The molecule has 0 fully saturated rings. The van der Waals surface area contributed by atoms with Crippen LogP contribution in [0.2, 0.25) is 0 Å². The average molecular weight is 239 g/mol. The van der Waals surface area contributed by atoms with Crippen molar-refractivity contribution in [3.8, 4) is 11.5 Å². The molecule has 1 heterocycles. The number of thioether (sulfide) groups is 1. The number of carbonyl (C=O) groups is 1. The third-order valence-electron chi connectivity index (χ3n) is 2.57. The summed E-state index contributed by atoms with van der Waals surface area (Å²) < 4.78 is 10.4. The summed E-state index contributed by atoms with van der Waals surface area (Å²) in [5.74, 6) is 1.36. The highest BCUT2D eigenvalue weighted by Crippen LogP contribution is 2.46. The van der Waals surface area contributed by atoms with Crippen molar-refractivity contribution in [2.75, 3.05) is 25.8 Å². The Morgan fingerprint density at radius 1 is 1.31 bits per heavy atom. The van der Waals surface area contributed by atoms with Crippen molar-refractivity contribution in [3.63, 3.8) is 0 Å². The smallest absolute Gasteiger partial charge is 0.242 e. The van der Waals surface area contributed by atoms with Gasteiger partial charge in [-0.3, -0.25) is 4.79 Å². The van der Waals surface area contributed by atoms with E-state index < -0.39 is 0 Å². The molecular formula is C11H13NO3S. The van der Waals surface area contributed by atoms with Crippen LogP contribution < -0.4 is 14.8 Å². The van der Waals surface area contributed by atoms with E-state index in [9.17, 15) is 4.79 Å². The maximum Gasteiger partial charge on any atom is 0.242 e. The van der Waals surface area contributed by atoms with Crippen molar-refractivity contribution in [2.45, 2.75) is 5.25 Å². The number of rotatable bonds is 3. The van der Waals surface area contributed by atoms with Crippen molar-refractivity contribution in [1.29, 1.82) is 0 Å². The van der Waals surface area contributed by atoms with Crippen molar-refractivity contribution >= 4 is 23.4 Å². The molecule has 2 rings (SSSR count). The van der Waals surface area contributed by atoms with Crippen molar-refractivity contribution < 1.29 is 14.3 Å². The van der Waals surface area contributed by atoms with E-state index in [-0.39, 0.29) is 11.2 Å². The molecule has 1 aromatic carbocycles. The number of anilines is 1. The number of hydrogen-bond acceptors (Lipinski definition) is 4. The van der Waals surface area contributed by atoms with E-state index >= 15 is 0 Å². The van der Waals surface area contributed by atoms with Gasteiger partial charge in [0.25, 0.3) is 0 Å². The second-order valence-corrected chi connectivity index (χ2v) is 4.34. The van der Waals surface area contributed by atoms with Crippen LogP contribution in [-0.2, 0) is 4.79 Å². The van der Waals surface area contributed by atoms with Gasteiger partial charge in [0, 0.05) is 17.7 Å². The molecule has 0 radical (unpaired) electrons. The van der Waals surface area contributed by atoms with Gasteiger partial charge in [0.05, 0.1) is 19.9 Å². The molecule has 1 aromatic rings. The van der Waals surface area contributed by atoms with Crippen LogP contribution in [0.3, 0.4) is 0 Å². The van der Waals surface area contributed by atoms with E-state index in [1.54, 1.807) is 20.3 Å². The number of carbonyl (C=O) groups excluding carboxylic acids is 1. The zero-order valence-electron chi connectivity index (χ0n) is 9.37. The van der Waals surface area contributed by atoms with Crippen LogP contribution in [0.1, 0.15) is 10.8 Å². The number of hydrogen-bond donors (Lipinski definition) is 1. The van der Waals surface area contributed by atoms with Gasteiger partial charge in [0.15, 0.2) is 0 Å². The van der Waals surface area contributed by atoms with Gasteiger partial charge in [-0.15, -0.1) is 11.8 Å². The summed E-state index contributed by atoms with van der Waals surface area (Å²) in [5.41, 5.74) is 1.68. The quantitative estimate of drug-likeness (QED) is 0.877. The van der Waals surface area contributed by atoms with Gasteiger partial charge >= 0.3 is 0 Å². The molecule has 1 atom stereocenters. The molecule has 0 saturated carbocycles. The largest absolute Gasteiger partial charge is 0.497 e. The van der Waals surface area contributed by atoms with E-state index in [0.29, 0.717) is 11.5 Å². The minimum atomic E-state index is -0.198. The molecule has 1 aliphatic heterocycles. The van der Waals surface area contributed by atoms with Crippen LogP contribution in [0.5, 0.6) is 11.5 Å². The Balaban J connectivity index is 2.55. The third kappa shape index (κ3) is 1.61. The predicted molar refractivity (Wildman–Crippen MR) is 64.4 cm³/mol. The van der Waals surface area contributed by atoms with E-state index in [1.807, 2.05) is 12.3 Å². The standard InChI is InChI=1S/C11H13NO3S/c1-14-6-4-7-9(8(5-6)15-2)10(16-3)11(13)12-7/h4-5,10H,1-3H3,(H,12,13). The number of nitrogens with one attached hydrogen (secondary N) is 1. The molecule has 0 saturated heterocycles. The van der Waals surface area contributed by atoms with Gasteiger partial charge in [-0.1, -0.05) is 0 Å². The van der Waals surface area contributed by atoms with Crippen molar-refractivity contribution in [3.05, 3.63) is 17.7 Å². The van der Waals surface area contributed by atoms with Crippen LogP contribution in [0.25, 0.3) is 0 Å². The number of amides is 1. The van der Waals surface area contributed by atoms with E-state index in [1.165, 1.54) is 11.8 Å². The lowest BCUT2D eigenvalue weighted by molar-refractivity contribution is -0.115. The Morgan fingerprint density at radius 3 is 2.62 bits per heavy atom. The summed E-state index contributed by atoms with van der Waals surface area (Å²) in [6.07, 6.45) is 1.91. The maximum atomic E-state index is 11.7. The first kappa shape index (κ1) is 11.1. The zero-order valence-corrected chi connectivity index (χ0v) is 10.2. The van der Waals surface area contributed by atoms with Crippen molar-refractivity contribution in [1.82, 2.24) is 0 Å². The van der Waals surface area contributed by atoms with Crippen LogP contribution >= 0.6 is 11.8 Å². The summed E-state index contributed by atoms with van der Waals surface area (Å²) in [4.78, 5) is 11.7. The number of fused-ring (bicyclic) bond motifs is 1. The topological polar surface area (TPSA) is 47.6 Å². The minimum absolute atomic E-state index is 0.00551. The van der Waals surface area contributed by atoms with Gasteiger partial charge in [-0.05, 0) is 6.26 Å². The van der Waals surface area contributed by atoms with Crippen LogP contribution in [0.15, 0.2) is 12.1 Å². The average Bonchev–Trinajstić information content (AvgIpc) is 2.62. The first-order valence-electron chi connectivity index (χ1n) is 4.80. The Hall–Kier alpha value is -1.36. The number of benzene rings is 1. The molecule has 5 heteroatoms. The van der Waals surface area contributed by atoms with Crippen LogP contribution in [0.4, 0.5) is 5.69 Å². The van der Waals surface area contributed by atoms with Gasteiger partial charge in [0.1, 0.15) is 16.7 Å². The van der Waals surface area contributed by atoms with Gasteiger partial charge in [-0.2, -0.15) is 0 Å². The second kappa shape index (κ2) is 4.25. The highest BCUT2D eigenvalue weighted by atomic mass is 32.2. The molecule has 1 N–H and O–H groups in total. The summed E-state index contributed by atoms with van der Waals surface area (Å²) in [6.45, 7) is 0. The zero-order chi connectivity index (χ0) is 11.7. The molecule has 0 aliphatic carbocycles. The summed E-state index contributed by atoms with van der Waals surface area (Å²) in [6, 6.07) is 3.61. The van der Waals surface area contributed by atoms with Crippen LogP contribution in [-0.4, -0.2) is 26.4 Å². The Bertz CT molecular complexity index is 433. The summed E-state index contributed by atoms with van der Waals surface area (Å²) in [7, 11) is 3.18. The van der Waals surface area contributed by atoms with E-state index in [2.05, 4.69) is 5.32 Å². The highest BCUT2D eigenvalue weighted by Gasteiger charge is 2.33. The third-order valence-corrected chi connectivity index (χ3v) is 3.49. The Morgan fingerprint density at radius 2 is 2.06 bits per heavy atom. The summed E-state index contributed by atoms with van der Waals surface area (Å²) >= 11 is 1.49. The molecule has 0 aromatic heterocycles. The number of methoxy groups -OCH3 is 2. The fraction of sp³-hybridized carbons (Fsp3) is 0.364. The Labute approximate surface area is 98.3 Å². The van der Waals surface area contributed by atoms with Crippen LogP contribution in [0, 0.1) is 0 Å². The lowest BCUT2D eigenvalue weighted by Crippen LogP contribution is -2.08. The van der Waals surface area contributed by atoms with Crippen molar-refractivity contribution in [2.24, 2.45) is 0 Å². The molecule has 16 heavy (non-hydrogen) atoms. The molecule has 1 aliphatic rings. The fourth-order valence-electron chi connectivity index (χ4n) is 1.82. The lowest BCUT2D eigenvalue weighted by atomic mass is 10.1. The molecular weight excluding hydrogens is 226 g/mol. The fourth-order valence-corrected chi connectivity index (χ4v) is 2.57. The molecule has 4 nitrogen and oxygen atoms in total. The monoisotopic (exact) mass is 239 g/mol. The second-order valence-electron chi connectivity index (χ2n) is 3.40. The first-order chi connectivity index (χ1) is 7.71. The van der Waals surface area contributed by atoms with E-state index in [0.717, 1.165) is 11.3 Å². The Kier molecular flexibility index (Phi) is 2.96. The number of ether oxygens (including phenoxy) is 2. The first-order valence-corrected chi connectivity index (χ1v) is 6.09. The summed E-state index contributed by atoms with van der Waals surface area (Å²) in [5, 5.41) is 2.63. The minimum Gasteiger partial charge on any atom is -0.497 e. The lowest BCUT2D eigenvalue weighted by Gasteiger charge is -2.11. The molecule has 1 amide bonds. The maximum absolute atomic E-state index is 11.7. The van der Waals surface area contributed by atoms with Gasteiger partial charge in [0.2, 0.25) is 5.91 Å². The highest BCUT2D eigenvalue weighted by molar-refractivity contribution is 7.99. The molecule has 1 unspecified atom stereocenters. The van der Waals surface area contributed by atoms with Gasteiger partial charge in [-0.25, -0.2) is 0 Å². The predicted octanol–water partition coefficient (Wildman–Crippen LogP) is 2.06. The molecule has 86 valence electrons. The SMILES string of the molecule is COc1cc2c(c(OC)c1)C(SC)C(=O)N2. The molecule has 0 spiro atoms. The van der Waals surface area contributed by atoms with E-state index in [4.69, 9.17) is 9.47 Å².